The molecule has 0 fully saturated rings. The van der Waals surface area contributed by atoms with Crippen molar-refractivity contribution in [1.82, 2.24) is 14.8 Å². The summed E-state index contributed by atoms with van der Waals surface area (Å²) < 4.78 is 7.24. The summed E-state index contributed by atoms with van der Waals surface area (Å²) in [6.45, 7) is 6.69. The molecule has 0 unspecified atom stereocenters. The van der Waals surface area contributed by atoms with Crippen LogP contribution >= 0.6 is 11.8 Å². The number of rotatable bonds is 7. The number of aromatic nitrogens is 3. The normalized spacial score (nSPS) is 12.0. The fourth-order valence-corrected chi connectivity index (χ4v) is 3.77. The molecule has 0 aliphatic heterocycles. The number of ketones is 1. The molecule has 0 spiro atoms. The molecular formula is C21H23N3O2S. The molecule has 1 heterocycles. The number of benzene rings is 2. The van der Waals surface area contributed by atoms with Gasteiger partial charge in [-0.3, -0.25) is 4.79 Å². The minimum absolute atomic E-state index is 0.0941. The summed E-state index contributed by atoms with van der Waals surface area (Å²) in [4.78, 5) is 12.7. The van der Waals surface area contributed by atoms with Crippen LogP contribution in [0.1, 0.15) is 29.8 Å². The second kappa shape index (κ2) is 8.39. The Labute approximate surface area is 163 Å². The van der Waals surface area contributed by atoms with Crippen molar-refractivity contribution in [2.45, 2.75) is 37.7 Å². The molecule has 5 nitrogen and oxygen atoms in total. The van der Waals surface area contributed by atoms with Gasteiger partial charge in [-0.1, -0.05) is 41.6 Å². The monoisotopic (exact) mass is 381 g/mol. The average Bonchev–Trinajstić information content (AvgIpc) is 3.10. The number of thioether (sulfide) groups is 1. The van der Waals surface area contributed by atoms with E-state index in [2.05, 4.69) is 10.2 Å². The highest BCUT2D eigenvalue weighted by Crippen LogP contribution is 2.29. The Morgan fingerprint density at radius 3 is 2.37 bits per heavy atom. The van der Waals surface area contributed by atoms with Crippen LogP contribution in [0.15, 0.2) is 53.7 Å². The van der Waals surface area contributed by atoms with Gasteiger partial charge in [0.1, 0.15) is 5.75 Å². The van der Waals surface area contributed by atoms with Crippen molar-refractivity contribution in [2.75, 3.05) is 7.11 Å². The Kier molecular flexibility index (Phi) is 5.96. The Morgan fingerprint density at radius 1 is 1.11 bits per heavy atom. The third-order valence-electron chi connectivity index (χ3n) is 4.37. The highest BCUT2D eigenvalue weighted by atomic mass is 32.2. The lowest BCUT2D eigenvalue weighted by atomic mass is 10.1. The number of methoxy groups -OCH3 is 1. The molecule has 2 aromatic carbocycles. The average molecular weight is 382 g/mol. The summed E-state index contributed by atoms with van der Waals surface area (Å²) in [5.41, 5.74) is 2.83. The quantitative estimate of drug-likeness (QED) is 0.441. The SMILES string of the molecule is CCn1c(S[C@H](C)C(=O)c2ccc(C)cc2)nnc1-c1ccc(OC)cc1. The predicted octanol–water partition coefficient (Wildman–Crippen LogP) is 4.65. The number of Topliss-reactive ketones (excluding diaryl/α,β-unsaturated/α-hetero) is 1. The molecule has 0 aliphatic rings. The van der Waals surface area contributed by atoms with Crippen LogP contribution in [0.4, 0.5) is 0 Å². The minimum Gasteiger partial charge on any atom is -0.497 e. The number of hydrogen-bond donors (Lipinski definition) is 0. The van der Waals surface area contributed by atoms with E-state index < -0.39 is 0 Å². The van der Waals surface area contributed by atoms with Crippen molar-refractivity contribution in [3.63, 3.8) is 0 Å². The number of carbonyl (C=O) groups is 1. The highest BCUT2D eigenvalue weighted by molar-refractivity contribution is 8.00. The summed E-state index contributed by atoms with van der Waals surface area (Å²) in [6, 6.07) is 15.4. The molecule has 0 amide bonds. The Hall–Kier alpha value is -2.60. The molecule has 0 saturated carbocycles. The van der Waals surface area contributed by atoms with Gasteiger partial charge in [0, 0.05) is 17.7 Å². The molecule has 0 bridgehead atoms. The molecule has 0 saturated heterocycles. The molecule has 140 valence electrons. The topological polar surface area (TPSA) is 57.0 Å². The number of nitrogens with zero attached hydrogens (tertiary/aromatic N) is 3. The van der Waals surface area contributed by atoms with Crippen LogP contribution in [0.5, 0.6) is 5.75 Å². The standard InChI is InChI=1S/C21H23N3O2S/c1-5-24-20(17-10-12-18(26-4)13-11-17)22-23-21(24)27-15(3)19(25)16-8-6-14(2)7-9-16/h6-13,15H,5H2,1-4H3/t15-/m1/s1. The predicted molar refractivity (Wildman–Crippen MR) is 109 cm³/mol. The van der Waals surface area contributed by atoms with Gasteiger partial charge >= 0.3 is 0 Å². The zero-order valence-electron chi connectivity index (χ0n) is 16.0. The number of aryl methyl sites for hydroxylation is 1. The maximum absolute atomic E-state index is 12.7. The van der Waals surface area contributed by atoms with Gasteiger partial charge in [0.15, 0.2) is 16.8 Å². The first-order valence-corrected chi connectivity index (χ1v) is 9.76. The molecule has 3 rings (SSSR count). The number of carbonyl (C=O) groups excluding carboxylic acids is 1. The van der Waals surface area contributed by atoms with E-state index in [1.54, 1.807) is 7.11 Å². The largest absolute Gasteiger partial charge is 0.497 e. The van der Waals surface area contributed by atoms with Crippen LogP contribution in [0.2, 0.25) is 0 Å². The number of ether oxygens (including phenoxy) is 1. The van der Waals surface area contributed by atoms with Crippen LogP contribution in [-0.4, -0.2) is 32.9 Å². The van der Waals surface area contributed by atoms with Crippen LogP contribution in [0.25, 0.3) is 11.4 Å². The molecule has 6 heteroatoms. The maximum Gasteiger partial charge on any atom is 0.192 e. The van der Waals surface area contributed by atoms with Gasteiger partial charge in [0.2, 0.25) is 0 Å². The molecule has 0 aliphatic carbocycles. The zero-order chi connectivity index (χ0) is 19.4. The van der Waals surface area contributed by atoms with Gasteiger partial charge in [-0.2, -0.15) is 0 Å². The van der Waals surface area contributed by atoms with Crippen molar-refractivity contribution in [1.29, 1.82) is 0 Å². The van der Waals surface area contributed by atoms with Gasteiger partial charge in [-0.05, 0) is 45.0 Å². The zero-order valence-corrected chi connectivity index (χ0v) is 16.8. The molecule has 0 radical (unpaired) electrons. The van der Waals surface area contributed by atoms with Crippen molar-refractivity contribution < 1.29 is 9.53 Å². The lowest BCUT2D eigenvalue weighted by Gasteiger charge is -2.12. The molecule has 27 heavy (non-hydrogen) atoms. The lowest BCUT2D eigenvalue weighted by Crippen LogP contribution is -2.14. The van der Waals surface area contributed by atoms with Gasteiger partial charge in [-0.25, -0.2) is 0 Å². The van der Waals surface area contributed by atoms with Crippen LogP contribution in [0, 0.1) is 6.92 Å². The Morgan fingerprint density at radius 2 is 1.78 bits per heavy atom. The third kappa shape index (κ3) is 4.22. The van der Waals surface area contributed by atoms with Gasteiger partial charge < -0.3 is 9.30 Å². The molecular weight excluding hydrogens is 358 g/mol. The van der Waals surface area contributed by atoms with E-state index in [4.69, 9.17) is 4.74 Å². The van der Waals surface area contributed by atoms with Gasteiger partial charge in [0.05, 0.1) is 12.4 Å². The van der Waals surface area contributed by atoms with E-state index in [-0.39, 0.29) is 11.0 Å². The van der Waals surface area contributed by atoms with E-state index >= 15 is 0 Å². The van der Waals surface area contributed by atoms with Crippen molar-refractivity contribution >= 4 is 17.5 Å². The van der Waals surface area contributed by atoms with Crippen molar-refractivity contribution in [2.24, 2.45) is 0 Å². The highest BCUT2D eigenvalue weighted by Gasteiger charge is 2.21. The van der Waals surface area contributed by atoms with Crippen molar-refractivity contribution in [3.05, 3.63) is 59.7 Å². The third-order valence-corrected chi connectivity index (χ3v) is 5.45. The van der Waals surface area contributed by atoms with Gasteiger partial charge in [-0.15, -0.1) is 10.2 Å². The molecule has 1 atom stereocenters. The van der Waals surface area contributed by atoms with E-state index in [1.807, 2.05) is 73.9 Å². The first kappa shape index (κ1) is 19.2. The van der Waals surface area contributed by atoms with E-state index in [0.29, 0.717) is 0 Å². The molecule has 3 aromatic rings. The fraction of sp³-hybridized carbons (Fsp3) is 0.286. The molecule has 0 N–H and O–H groups in total. The van der Waals surface area contributed by atoms with Crippen molar-refractivity contribution in [3.8, 4) is 17.1 Å². The summed E-state index contributed by atoms with van der Waals surface area (Å²) >= 11 is 1.44. The van der Waals surface area contributed by atoms with E-state index in [1.165, 1.54) is 11.8 Å². The van der Waals surface area contributed by atoms with E-state index in [9.17, 15) is 4.79 Å². The van der Waals surface area contributed by atoms with Crippen LogP contribution in [-0.2, 0) is 6.54 Å². The summed E-state index contributed by atoms with van der Waals surface area (Å²) in [5.74, 6) is 1.68. The molecule has 1 aromatic heterocycles. The maximum atomic E-state index is 12.7. The minimum atomic E-state index is -0.245. The number of hydrogen-bond acceptors (Lipinski definition) is 5. The van der Waals surface area contributed by atoms with Crippen LogP contribution in [0.3, 0.4) is 0 Å². The Balaban J connectivity index is 1.81. The van der Waals surface area contributed by atoms with Gasteiger partial charge in [0.25, 0.3) is 0 Å². The smallest absolute Gasteiger partial charge is 0.192 e. The second-order valence-corrected chi connectivity index (χ2v) is 7.58. The summed E-state index contributed by atoms with van der Waals surface area (Å²) in [6.07, 6.45) is 0. The van der Waals surface area contributed by atoms with Crippen LogP contribution < -0.4 is 4.74 Å². The first-order chi connectivity index (χ1) is 13.0. The summed E-state index contributed by atoms with van der Waals surface area (Å²) in [7, 11) is 1.64. The fourth-order valence-electron chi connectivity index (χ4n) is 2.78. The lowest BCUT2D eigenvalue weighted by molar-refractivity contribution is 0.0994. The second-order valence-electron chi connectivity index (χ2n) is 6.27. The summed E-state index contributed by atoms with van der Waals surface area (Å²) in [5, 5.41) is 9.18. The Bertz CT molecular complexity index is 918. The van der Waals surface area contributed by atoms with E-state index in [0.717, 1.165) is 40.0 Å². The first-order valence-electron chi connectivity index (χ1n) is 8.88.